The number of rotatable bonds is 7. The minimum Gasteiger partial charge on any atom is -0.375 e. The Morgan fingerprint density at radius 1 is 1.06 bits per heavy atom. The Hall–Kier alpha value is -3.24. The summed E-state index contributed by atoms with van der Waals surface area (Å²) in [6.07, 6.45) is 0. The number of carbonyl (C=O) groups excluding carboxylic acids is 2. The first-order valence-corrected chi connectivity index (χ1v) is 11.1. The highest BCUT2D eigenvalue weighted by atomic mass is 32.2. The molecule has 2 aromatic carbocycles. The first-order chi connectivity index (χ1) is 14.7. The van der Waals surface area contributed by atoms with E-state index in [0.29, 0.717) is 16.9 Å². The second kappa shape index (κ2) is 9.27. The summed E-state index contributed by atoms with van der Waals surface area (Å²) in [4.78, 5) is 29.2. The van der Waals surface area contributed by atoms with E-state index in [1.165, 1.54) is 13.2 Å². The van der Waals surface area contributed by atoms with Gasteiger partial charge in [0.2, 0.25) is 11.8 Å². The van der Waals surface area contributed by atoms with Gasteiger partial charge in [-0.3, -0.25) is 19.3 Å². The molecule has 0 radical (unpaired) electrons. The molecule has 0 saturated carbocycles. The smallest absolute Gasteiger partial charge is 0.263 e. The van der Waals surface area contributed by atoms with Crippen molar-refractivity contribution in [2.24, 2.45) is 10.9 Å². The van der Waals surface area contributed by atoms with Crippen LogP contribution in [0, 0.1) is 5.92 Å². The second-order valence-corrected chi connectivity index (χ2v) is 8.97. The van der Waals surface area contributed by atoms with Crippen LogP contribution < -0.4 is 15.4 Å². The molecule has 0 aliphatic carbocycles. The van der Waals surface area contributed by atoms with Crippen LogP contribution in [0.2, 0.25) is 0 Å². The molecule has 0 unspecified atom stereocenters. The van der Waals surface area contributed by atoms with Gasteiger partial charge in [0.25, 0.3) is 10.0 Å². The maximum Gasteiger partial charge on any atom is 0.263 e. The third kappa shape index (κ3) is 5.28. The van der Waals surface area contributed by atoms with Gasteiger partial charge in [-0.15, -0.1) is 0 Å². The van der Waals surface area contributed by atoms with Crippen LogP contribution in [0.25, 0.3) is 0 Å². The van der Waals surface area contributed by atoms with Gasteiger partial charge in [0.15, 0.2) is 0 Å². The van der Waals surface area contributed by atoms with Crippen molar-refractivity contribution < 1.29 is 22.7 Å². The molecular formula is C21H24N4O5S. The zero-order valence-corrected chi connectivity index (χ0v) is 18.2. The molecule has 3 rings (SSSR count). The Balaban J connectivity index is 1.82. The monoisotopic (exact) mass is 444 g/mol. The number of fused-ring (bicyclic) bond motifs is 1. The highest BCUT2D eigenvalue weighted by molar-refractivity contribution is 7.90. The van der Waals surface area contributed by atoms with Crippen molar-refractivity contribution in [1.29, 1.82) is 0 Å². The number of hydrogen-bond donors (Lipinski definition) is 3. The van der Waals surface area contributed by atoms with E-state index in [4.69, 9.17) is 4.74 Å². The SMILES string of the molecule is COCC(=O)Nc1cccc(NC(=O)[C@@H](N=C2NS(=O)(=O)c3ccccc32)C(C)C)c1. The van der Waals surface area contributed by atoms with Gasteiger partial charge in [-0.2, -0.15) is 0 Å². The van der Waals surface area contributed by atoms with Crippen LogP contribution in [0.15, 0.2) is 58.4 Å². The summed E-state index contributed by atoms with van der Waals surface area (Å²) in [7, 11) is -2.27. The fraction of sp³-hybridized carbons (Fsp3) is 0.286. The van der Waals surface area contributed by atoms with E-state index >= 15 is 0 Å². The van der Waals surface area contributed by atoms with Crippen molar-refractivity contribution in [2.45, 2.75) is 24.8 Å². The standard InChI is InChI=1S/C21H24N4O5S/c1-13(2)19(24-20-16-9-4-5-10-17(16)31(28,29)25-20)21(27)23-15-8-6-7-14(11-15)22-18(26)12-30-3/h4-11,13,19H,12H2,1-3H3,(H,22,26)(H,23,27)(H,24,25)/t19-/m0/s1. The largest absolute Gasteiger partial charge is 0.375 e. The summed E-state index contributed by atoms with van der Waals surface area (Å²) in [5.41, 5.74) is 1.41. The van der Waals surface area contributed by atoms with Gasteiger partial charge in [0.1, 0.15) is 18.5 Å². The predicted octanol–water partition coefficient (Wildman–Crippen LogP) is 1.97. The van der Waals surface area contributed by atoms with Crippen LogP contribution in [0.3, 0.4) is 0 Å². The maximum absolute atomic E-state index is 12.9. The summed E-state index contributed by atoms with van der Waals surface area (Å²) in [6.45, 7) is 3.57. The lowest BCUT2D eigenvalue weighted by molar-refractivity contribution is -0.119. The van der Waals surface area contributed by atoms with Crippen molar-refractivity contribution in [2.75, 3.05) is 24.4 Å². The molecule has 0 fully saturated rings. The topological polar surface area (TPSA) is 126 Å². The molecule has 31 heavy (non-hydrogen) atoms. The van der Waals surface area contributed by atoms with E-state index in [0.717, 1.165) is 0 Å². The number of methoxy groups -OCH3 is 1. The Morgan fingerprint density at radius 2 is 1.74 bits per heavy atom. The zero-order valence-electron chi connectivity index (χ0n) is 17.4. The summed E-state index contributed by atoms with van der Waals surface area (Å²) < 4.78 is 31.8. The number of nitrogens with zero attached hydrogens (tertiary/aromatic N) is 1. The lowest BCUT2D eigenvalue weighted by Crippen LogP contribution is -2.34. The van der Waals surface area contributed by atoms with E-state index in [1.54, 1.807) is 42.5 Å². The van der Waals surface area contributed by atoms with Crippen molar-refractivity contribution in [1.82, 2.24) is 4.72 Å². The van der Waals surface area contributed by atoms with Gasteiger partial charge in [-0.05, 0) is 36.2 Å². The molecule has 3 N–H and O–H groups in total. The number of amidine groups is 1. The van der Waals surface area contributed by atoms with Crippen molar-refractivity contribution in [3.63, 3.8) is 0 Å². The molecule has 1 aliphatic heterocycles. The van der Waals surface area contributed by atoms with Crippen molar-refractivity contribution in [3.05, 3.63) is 54.1 Å². The van der Waals surface area contributed by atoms with Crippen LogP contribution in [-0.4, -0.2) is 45.8 Å². The minimum atomic E-state index is -3.70. The molecular weight excluding hydrogens is 420 g/mol. The highest BCUT2D eigenvalue weighted by Gasteiger charge is 2.32. The van der Waals surface area contributed by atoms with Gasteiger partial charge in [-0.1, -0.05) is 32.0 Å². The minimum absolute atomic E-state index is 0.0825. The van der Waals surface area contributed by atoms with Crippen LogP contribution in [0.1, 0.15) is 19.4 Å². The van der Waals surface area contributed by atoms with Crippen LogP contribution in [0.5, 0.6) is 0 Å². The Morgan fingerprint density at radius 3 is 2.42 bits per heavy atom. The van der Waals surface area contributed by atoms with Gasteiger partial charge in [-0.25, -0.2) is 8.42 Å². The van der Waals surface area contributed by atoms with Gasteiger partial charge in [0, 0.05) is 24.0 Å². The maximum atomic E-state index is 12.9. The van der Waals surface area contributed by atoms with Crippen LogP contribution in [-0.2, 0) is 24.3 Å². The Labute approximate surface area is 181 Å². The Bertz CT molecular complexity index is 1130. The van der Waals surface area contributed by atoms with E-state index in [1.807, 2.05) is 13.8 Å². The third-order valence-electron chi connectivity index (χ3n) is 4.52. The molecule has 0 aromatic heterocycles. The molecule has 0 spiro atoms. The van der Waals surface area contributed by atoms with Gasteiger partial charge in [0.05, 0.1) is 4.90 Å². The molecule has 1 atom stereocenters. The molecule has 9 nitrogen and oxygen atoms in total. The molecule has 0 saturated heterocycles. The average molecular weight is 445 g/mol. The first kappa shape index (κ1) is 22.4. The third-order valence-corrected chi connectivity index (χ3v) is 5.92. The predicted molar refractivity (Wildman–Crippen MR) is 118 cm³/mol. The molecule has 1 heterocycles. The Kier molecular flexibility index (Phi) is 6.71. The summed E-state index contributed by atoms with van der Waals surface area (Å²) >= 11 is 0. The number of aliphatic imine (C=N–C) groups is 1. The lowest BCUT2D eigenvalue weighted by atomic mass is 10.0. The number of amides is 2. The quantitative estimate of drug-likeness (QED) is 0.602. The molecule has 2 amide bonds. The fourth-order valence-corrected chi connectivity index (χ4v) is 4.34. The van der Waals surface area contributed by atoms with Gasteiger partial charge < -0.3 is 15.4 Å². The number of nitrogens with one attached hydrogen (secondary N) is 3. The number of carbonyl (C=O) groups is 2. The average Bonchev–Trinajstić information content (AvgIpc) is 2.96. The first-order valence-electron chi connectivity index (χ1n) is 9.61. The summed E-state index contributed by atoms with van der Waals surface area (Å²) in [5.74, 6) is -0.768. The van der Waals surface area contributed by atoms with E-state index in [-0.39, 0.29) is 29.2 Å². The molecule has 10 heteroatoms. The molecule has 1 aliphatic rings. The van der Waals surface area contributed by atoms with E-state index < -0.39 is 22.0 Å². The molecule has 0 bridgehead atoms. The number of benzene rings is 2. The summed E-state index contributed by atoms with van der Waals surface area (Å²) in [6, 6.07) is 12.3. The highest BCUT2D eigenvalue weighted by Crippen LogP contribution is 2.24. The normalized spacial score (nSPS) is 16.5. The number of ether oxygens (including phenoxy) is 1. The van der Waals surface area contributed by atoms with Crippen LogP contribution in [0.4, 0.5) is 11.4 Å². The number of anilines is 2. The van der Waals surface area contributed by atoms with Crippen molar-refractivity contribution >= 4 is 39.0 Å². The van der Waals surface area contributed by atoms with Crippen LogP contribution >= 0.6 is 0 Å². The van der Waals surface area contributed by atoms with Gasteiger partial charge >= 0.3 is 0 Å². The zero-order chi connectivity index (χ0) is 22.6. The van der Waals surface area contributed by atoms with Crippen molar-refractivity contribution in [3.8, 4) is 0 Å². The fourth-order valence-electron chi connectivity index (χ4n) is 3.10. The number of sulfonamides is 1. The summed E-state index contributed by atoms with van der Waals surface area (Å²) in [5, 5.41) is 5.45. The molecule has 2 aromatic rings. The van der Waals surface area contributed by atoms with E-state index in [9.17, 15) is 18.0 Å². The van der Waals surface area contributed by atoms with E-state index in [2.05, 4.69) is 20.3 Å². The second-order valence-electron chi connectivity index (χ2n) is 7.32. The number of hydrogen-bond acceptors (Lipinski definition) is 6. The lowest BCUT2D eigenvalue weighted by Gasteiger charge is -2.18. The molecule has 164 valence electrons.